The lowest BCUT2D eigenvalue weighted by atomic mass is 10.0. The SMILES string of the molecule is CCC(CC)CNS(=O)(=O)c1c(C)ccc(N)c1C. The van der Waals surface area contributed by atoms with Crippen LogP contribution in [0.3, 0.4) is 0 Å². The lowest BCUT2D eigenvalue weighted by molar-refractivity contribution is 0.478. The smallest absolute Gasteiger partial charge is 0.241 e. The van der Waals surface area contributed by atoms with E-state index in [1.54, 1.807) is 26.0 Å². The second-order valence-corrected chi connectivity index (χ2v) is 6.66. The third kappa shape index (κ3) is 3.70. The molecule has 0 saturated heterocycles. The number of nitrogen functional groups attached to an aromatic ring is 1. The number of sulfonamides is 1. The first-order valence-electron chi connectivity index (χ1n) is 6.68. The summed E-state index contributed by atoms with van der Waals surface area (Å²) in [5.41, 5.74) is 7.66. The molecule has 0 saturated carbocycles. The molecular formula is C14H24N2O2S. The first-order chi connectivity index (χ1) is 8.83. The summed E-state index contributed by atoms with van der Waals surface area (Å²) in [6, 6.07) is 3.48. The molecule has 1 rings (SSSR count). The van der Waals surface area contributed by atoms with Crippen molar-refractivity contribution in [3.05, 3.63) is 23.3 Å². The quantitative estimate of drug-likeness (QED) is 0.789. The first kappa shape index (κ1) is 16.0. The first-order valence-corrected chi connectivity index (χ1v) is 8.17. The monoisotopic (exact) mass is 284 g/mol. The molecule has 0 atom stereocenters. The molecule has 4 nitrogen and oxygen atoms in total. The van der Waals surface area contributed by atoms with E-state index < -0.39 is 10.0 Å². The summed E-state index contributed by atoms with van der Waals surface area (Å²) >= 11 is 0. The topological polar surface area (TPSA) is 72.2 Å². The van der Waals surface area contributed by atoms with Gasteiger partial charge in [-0.1, -0.05) is 32.8 Å². The van der Waals surface area contributed by atoms with Crippen LogP contribution in [0.15, 0.2) is 17.0 Å². The zero-order valence-electron chi connectivity index (χ0n) is 12.2. The van der Waals surface area contributed by atoms with Gasteiger partial charge in [-0.25, -0.2) is 13.1 Å². The maximum Gasteiger partial charge on any atom is 0.241 e. The molecular weight excluding hydrogens is 260 g/mol. The number of hydrogen-bond acceptors (Lipinski definition) is 3. The maximum absolute atomic E-state index is 12.4. The number of benzene rings is 1. The van der Waals surface area contributed by atoms with Crippen LogP contribution in [-0.2, 0) is 10.0 Å². The van der Waals surface area contributed by atoms with Crippen LogP contribution in [0.25, 0.3) is 0 Å². The van der Waals surface area contributed by atoms with Crippen LogP contribution in [0.5, 0.6) is 0 Å². The van der Waals surface area contributed by atoms with Gasteiger partial charge in [0.1, 0.15) is 0 Å². The van der Waals surface area contributed by atoms with Crippen molar-refractivity contribution in [2.24, 2.45) is 5.92 Å². The molecule has 0 aromatic heterocycles. The van der Waals surface area contributed by atoms with Gasteiger partial charge in [-0.15, -0.1) is 0 Å². The van der Waals surface area contributed by atoms with Crippen molar-refractivity contribution in [1.82, 2.24) is 4.72 Å². The van der Waals surface area contributed by atoms with E-state index in [0.717, 1.165) is 18.4 Å². The molecule has 19 heavy (non-hydrogen) atoms. The van der Waals surface area contributed by atoms with Crippen molar-refractivity contribution in [3.8, 4) is 0 Å². The van der Waals surface area contributed by atoms with E-state index in [9.17, 15) is 8.42 Å². The summed E-state index contributed by atoms with van der Waals surface area (Å²) in [5.74, 6) is 0.372. The van der Waals surface area contributed by atoms with Crippen molar-refractivity contribution >= 4 is 15.7 Å². The standard InChI is InChI=1S/C14H24N2O2S/c1-5-12(6-2)9-16-19(17,18)14-10(3)7-8-13(15)11(14)4/h7-8,12,16H,5-6,9,15H2,1-4H3. The van der Waals surface area contributed by atoms with Crippen LogP contribution < -0.4 is 10.5 Å². The van der Waals surface area contributed by atoms with E-state index in [0.29, 0.717) is 28.6 Å². The van der Waals surface area contributed by atoms with E-state index in [-0.39, 0.29) is 0 Å². The molecule has 1 aromatic rings. The van der Waals surface area contributed by atoms with Crippen LogP contribution in [0.2, 0.25) is 0 Å². The van der Waals surface area contributed by atoms with Crippen molar-refractivity contribution in [3.63, 3.8) is 0 Å². The highest BCUT2D eigenvalue weighted by molar-refractivity contribution is 7.89. The number of rotatable bonds is 6. The summed E-state index contributed by atoms with van der Waals surface area (Å²) in [6.07, 6.45) is 1.93. The molecule has 0 heterocycles. The van der Waals surface area contributed by atoms with Crippen molar-refractivity contribution in [2.45, 2.75) is 45.4 Å². The van der Waals surface area contributed by atoms with Crippen molar-refractivity contribution < 1.29 is 8.42 Å². The Morgan fingerprint density at radius 1 is 1.21 bits per heavy atom. The molecule has 0 unspecified atom stereocenters. The summed E-state index contributed by atoms with van der Waals surface area (Å²) < 4.78 is 27.5. The summed E-state index contributed by atoms with van der Waals surface area (Å²) in [6.45, 7) is 8.15. The Bertz CT molecular complexity index is 535. The second-order valence-electron chi connectivity index (χ2n) is 4.96. The molecule has 0 radical (unpaired) electrons. The van der Waals surface area contributed by atoms with Gasteiger partial charge in [-0.2, -0.15) is 0 Å². The minimum atomic E-state index is -3.49. The molecule has 0 bridgehead atoms. The maximum atomic E-state index is 12.4. The van der Waals surface area contributed by atoms with Crippen LogP contribution >= 0.6 is 0 Å². The van der Waals surface area contributed by atoms with E-state index in [2.05, 4.69) is 18.6 Å². The minimum absolute atomic E-state index is 0.318. The molecule has 0 spiro atoms. The Kier molecular flexibility index (Phi) is 5.38. The Balaban J connectivity index is 3.05. The zero-order chi connectivity index (χ0) is 14.6. The number of anilines is 1. The molecule has 0 aliphatic carbocycles. The van der Waals surface area contributed by atoms with Crippen LogP contribution in [-0.4, -0.2) is 15.0 Å². The van der Waals surface area contributed by atoms with E-state index >= 15 is 0 Å². The lowest BCUT2D eigenvalue weighted by Crippen LogP contribution is -2.30. The molecule has 108 valence electrons. The van der Waals surface area contributed by atoms with Crippen molar-refractivity contribution in [1.29, 1.82) is 0 Å². The third-order valence-electron chi connectivity index (χ3n) is 3.63. The zero-order valence-corrected chi connectivity index (χ0v) is 13.0. The Morgan fingerprint density at radius 2 is 1.79 bits per heavy atom. The minimum Gasteiger partial charge on any atom is -0.398 e. The van der Waals surface area contributed by atoms with Gasteiger partial charge in [0.05, 0.1) is 4.90 Å². The summed E-state index contributed by atoms with van der Waals surface area (Å²) in [5, 5.41) is 0. The molecule has 1 aromatic carbocycles. The van der Waals surface area contributed by atoms with Crippen LogP contribution in [0, 0.1) is 19.8 Å². The predicted octanol–water partition coefficient (Wildman–Crippen LogP) is 2.60. The number of nitrogens with one attached hydrogen (secondary N) is 1. The van der Waals surface area contributed by atoms with Gasteiger partial charge >= 0.3 is 0 Å². The lowest BCUT2D eigenvalue weighted by Gasteiger charge is -2.16. The average molecular weight is 284 g/mol. The number of hydrogen-bond donors (Lipinski definition) is 2. The molecule has 5 heteroatoms. The van der Waals surface area contributed by atoms with Gasteiger partial charge in [0, 0.05) is 12.2 Å². The Labute approximate surface area is 116 Å². The predicted molar refractivity (Wildman–Crippen MR) is 79.6 cm³/mol. The number of aryl methyl sites for hydroxylation is 1. The fourth-order valence-electron chi connectivity index (χ4n) is 2.13. The van der Waals surface area contributed by atoms with E-state index in [1.807, 2.05) is 0 Å². The highest BCUT2D eigenvalue weighted by Gasteiger charge is 2.21. The Hall–Kier alpha value is -1.07. The second kappa shape index (κ2) is 6.39. The summed E-state index contributed by atoms with van der Waals surface area (Å²) in [7, 11) is -3.49. The van der Waals surface area contributed by atoms with Gasteiger partial charge in [0.15, 0.2) is 0 Å². The third-order valence-corrected chi connectivity index (χ3v) is 5.34. The average Bonchev–Trinajstić information content (AvgIpc) is 2.35. The van der Waals surface area contributed by atoms with Gasteiger partial charge in [0.25, 0.3) is 0 Å². The molecule has 0 aliphatic heterocycles. The molecule has 0 aliphatic rings. The molecule has 0 fully saturated rings. The highest BCUT2D eigenvalue weighted by atomic mass is 32.2. The van der Waals surface area contributed by atoms with Gasteiger partial charge in [-0.05, 0) is 37.0 Å². The molecule has 0 amide bonds. The fraction of sp³-hybridized carbons (Fsp3) is 0.571. The van der Waals surface area contributed by atoms with E-state index in [4.69, 9.17) is 5.73 Å². The fourth-order valence-corrected chi connectivity index (χ4v) is 3.75. The van der Waals surface area contributed by atoms with Crippen LogP contribution in [0.1, 0.15) is 37.8 Å². The van der Waals surface area contributed by atoms with Gasteiger partial charge in [0.2, 0.25) is 10.0 Å². The van der Waals surface area contributed by atoms with Crippen molar-refractivity contribution in [2.75, 3.05) is 12.3 Å². The van der Waals surface area contributed by atoms with Gasteiger partial charge < -0.3 is 5.73 Å². The largest absolute Gasteiger partial charge is 0.398 e. The number of nitrogens with two attached hydrogens (primary N) is 1. The Morgan fingerprint density at radius 3 is 2.32 bits per heavy atom. The molecule has 3 N–H and O–H groups in total. The highest BCUT2D eigenvalue weighted by Crippen LogP contribution is 2.24. The van der Waals surface area contributed by atoms with E-state index in [1.165, 1.54) is 0 Å². The van der Waals surface area contributed by atoms with Gasteiger partial charge in [-0.3, -0.25) is 0 Å². The van der Waals surface area contributed by atoms with Crippen LogP contribution in [0.4, 0.5) is 5.69 Å². The summed E-state index contributed by atoms with van der Waals surface area (Å²) in [4.78, 5) is 0.318. The normalized spacial score (nSPS) is 12.1.